The molecule has 0 unspecified atom stereocenters. The first kappa shape index (κ1) is 20.2. The van der Waals surface area contributed by atoms with Gasteiger partial charge in [0, 0.05) is 36.9 Å². The SMILES string of the molecule is CC(C)(C(=O)NCC(=O)N1CCN(c2cccc(Cl)c2)CC1)c1ccccc1. The molecule has 1 N–H and O–H groups in total. The third kappa shape index (κ3) is 4.65. The molecule has 1 heterocycles. The fourth-order valence-electron chi connectivity index (χ4n) is 3.36. The van der Waals surface area contributed by atoms with Crippen molar-refractivity contribution >= 4 is 29.1 Å². The van der Waals surface area contributed by atoms with Gasteiger partial charge in [-0.15, -0.1) is 0 Å². The summed E-state index contributed by atoms with van der Waals surface area (Å²) in [7, 11) is 0. The van der Waals surface area contributed by atoms with Crippen LogP contribution in [-0.2, 0) is 15.0 Å². The lowest BCUT2D eigenvalue weighted by Gasteiger charge is -2.36. The fourth-order valence-corrected chi connectivity index (χ4v) is 3.55. The Bertz CT molecular complexity index is 831. The molecule has 1 aliphatic rings. The zero-order chi connectivity index (χ0) is 20.1. The van der Waals surface area contributed by atoms with Gasteiger partial charge in [0.05, 0.1) is 12.0 Å². The number of hydrogen-bond acceptors (Lipinski definition) is 3. The van der Waals surface area contributed by atoms with E-state index in [1.165, 1.54) is 0 Å². The highest BCUT2D eigenvalue weighted by Crippen LogP contribution is 2.23. The summed E-state index contributed by atoms with van der Waals surface area (Å²) in [6.07, 6.45) is 0. The monoisotopic (exact) mass is 399 g/mol. The van der Waals surface area contributed by atoms with Gasteiger partial charge in [-0.3, -0.25) is 9.59 Å². The van der Waals surface area contributed by atoms with Gasteiger partial charge in [-0.1, -0.05) is 48.0 Å². The molecule has 5 nitrogen and oxygen atoms in total. The summed E-state index contributed by atoms with van der Waals surface area (Å²) < 4.78 is 0. The number of carbonyl (C=O) groups is 2. The summed E-state index contributed by atoms with van der Waals surface area (Å²) in [5, 5.41) is 3.52. The molecule has 0 aliphatic carbocycles. The number of rotatable bonds is 5. The molecule has 0 radical (unpaired) electrons. The average Bonchev–Trinajstić information content (AvgIpc) is 2.72. The first-order chi connectivity index (χ1) is 13.4. The number of nitrogens with one attached hydrogen (secondary N) is 1. The maximum absolute atomic E-state index is 12.6. The first-order valence-corrected chi connectivity index (χ1v) is 9.88. The third-order valence-corrected chi connectivity index (χ3v) is 5.50. The Labute approximate surface area is 171 Å². The highest BCUT2D eigenvalue weighted by molar-refractivity contribution is 6.30. The third-order valence-electron chi connectivity index (χ3n) is 5.27. The molecule has 2 aromatic rings. The summed E-state index contributed by atoms with van der Waals surface area (Å²) in [4.78, 5) is 29.2. The molecule has 148 valence electrons. The van der Waals surface area contributed by atoms with E-state index in [1.807, 2.05) is 68.4 Å². The predicted molar refractivity (Wildman–Crippen MR) is 113 cm³/mol. The Balaban J connectivity index is 1.50. The summed E-state index contributed by atoms with van der Waals surface area (Å²) in [6, 6.07) is 17.3. The topological polar surface area (TPSA) is 52.7 Å². The maximum atomic E-state index is 12.6. The second-order valence-electron chi connectivity index (χ2n) is 7.52. The van der Waals surface area contributed by atoms with Crippen LogP contribution in [0.4, 0.5) is 5.69 Å². The number of carbonyl (C=O) groups excluding carboxylic acids is 2. The Hall–Kier alpha value is -2.53. The van der Waals surface area contributed by atoms with Gasteiger partial charge < -0.3 is 15.1 Å². The van der Waals surface area contributed by atoms with Crippen LogP contribution in [0.5, 0.6) is 0 Å². The van der Waals surface area contributed by atoms with Crippen molar-refractivity contribution in [2.45, 2.75) is 19.3 Å². The molecule has 2 aromatic carbocycles. The molecule has 3 rings (SSSR count). The predicted octanol–water partition coefficient (Wildman–Crippen LogP) is 3.08. The lowest BCUT2D eigenvalue weighted by Crippen LogP contribution is -2.52. The van der Waals surface area contributed by atoms with Crippen LogP contribution in [0.3, 0.4) is 0 Å². The number of amides is 2. The van der Waals surface area contributed by atoms with Crippen LogP contribution < -0.4 is 10.2 Å². The van der Waals surface area contributed by atoms with Crippen molar-refractivity contribution < 1.29 is 9.59 Å². The summed E-state index contributed by atoms with van der Waals surface area (Å²) in [6.45, 7) is 6.50. The van der Waals surface area contributed by atoms with Gasteiger partial charge in [-0.25, -0.2) is 0 Å². The molecule has 2 amide bonds. The van der Waals surface area contributed by atoms with Crippen molar-refractivity contribution in [3.05, 3.63) is 65.2 Å². The summed E-state index contributed by atoms with van der Waals surface area (Å²) in [5.41, 5.74) is 1.31. The number of nitrogens with zero attached hydrogens (tertiary/aromatic N) is 2. The molecule has 1 aliphatic heterocycles. The van der Waals surface area contributed by atoms with Crippen molar-refractivity contribution in [1.29, 1.82) is 0 Å². The lowest BCUT2D eigenvalue weighted by molar-refractivity contribution is -0.134. The van der Waals surface area contributed by atoms with Gasteiger partial charge in [0.25, 0.3) is 0 Å². The minimum absolute atomic E-state index is 0.0201. The van der Waals surface area contributed by atoms with E-state index < -0.39 is 5.41 Å². The van der Waals surface area contributed by atoms with Crippen LogP contribution in [0.15, 0.2) is 54.6 Å². The van der Waals surface area contributed by atoms with Crippen LogP contribution in [0.2, 0.25) is 5.02 Å². The van der Waals surface area contributed by atoms with Gasteiger partial charge >= 0.3 is 0 Å². The number of halogens is 1. The van der Waals surface area contributed by atoms with E-state index in [-0.39, 0.29) is 18.4 Å². The molecular weight excluding hydrogens is 374 g/mol. The van der Waals surface area contributed by atoms with Crippen LogP contribution in [0, 0.1) is 0 Å². The van der Waals surface area contributed by atoms with Crippen molar-refractivity contribution in [3.8, 4) is 0 Å². The second-order valence-corrected chi connectivity index (χ2v) is 7.96. The maximum Gasteiger partial charge on any atom is 0.242 e. The zero-order valence-electron chi connectivity index (χ0n) is 16.3. The number of benzene rings is 2. The van der Waals surface area contributed by atoms with E-state index in [0.29, 0.717) is 18.1 Å². The quantitative estimate of drug-likeness (QED) is 0.840. The van der Waals surface area contributed by atoms with E-state index in [4.69, 9.17) is 11.6 Å². The van der Waals surface area contributed by atoms with E-state index in [0.717, 1.165) is 24.3 Å². The van der Waals surface area contributed by atoms with Crippen molar-refractivity contribution in [2.75, 3.05) is 37.6 Å². The van der Waals surface area contributed by atoms with Gasteiger partial charge in [-0.05, 0) is 37.6 Å². The molecule has 0 saturated carbocycles. The molecule has 28 heavy (non-hydrogen) atoms. The van der Waals surface area contributed by atoms with Gasteiger partial charge in [0.2, 0.25) is 11.8 Å². The van der Waals surface area contributed by atoms with Crippen molar-refractivity contribution in [1.82, 2.24) is 10.2 Å². The fraction of sp³-hybridized carbons (Fsp3) is 0.364. The molecule has 0 aromatic heterocycles. The second kappa shape index (κ2) is 8.65. The van der Waals surface area contributed by atoms with Crippen molar-refractivity contribution in [3.63, 3.8) is 0 Å². The normalized spacial score (nSPS) is 14.7. The molecule has 6 heteroatoms. The summed E-state index contributed by atoms with van der Waals surface area (Å²) in [5.74, 6) is -0.201. The molecule has 0 spiro atoms. The lowest BCUT2D eigenvalue weighted by atomic mass is 9.84. The van der Waals surface area contributed by atoms with Gasteiger partial charge in [-0.2, -0.15) is 0 Å². The molecule has 0 bridgehead atoms. The molecule has 1 saturated heterocycles. The number of hydrogen-bond donors (Lipinski definition) is 1. The van der Waals surface area contributed by atoms with E-state index in [2.05, 4.69) is 10.2 Å². The van der Waals surface area contributed by atoms with E-state index >= 15 is 0 Å². The van der Waals surface area contributed by atoms with Gasteiger partial charge in [0.1, 0.15) is 0 Å². The van der Waals surface area contributed by atoms with Crippen LogP contribution in [0.25, 0.3) is 0 Å². The minimum atomic E-state index is -0.688. The van der Waals surface area contributed by atoms with E-state index in [9.17, 15) is 9.59 Å². The zero-order valence-corrected chi connectivity index (χ0v) is 17.1. The van der Waals surface area contributed by atoms with Gasteiger partial charge in [0.15, 0.2) is 0 Å². The summed E-state index contributed by atoms with van der Waals surface area (Å²) >= 11 is 6.06. The standard InChI is InChI=1S/C22H26ClN3O2/c1-22(2,17-7-4-3-5-8-17)21(28)24-16-20(27)26-13-11-25(12-14-26)19-10-6-9-18(23)15-19/h3-10,15H,11-14,16H2,1-2H3,(H,24,28). The van der Waals surface area contributed by atoms with Crippen LogP contribution in [-0.4, -0.2) is 49.4 Å². The van der Waals surface area contributed by atoms with Crippen LogP contribution >= 0.6 is 11.6 Å². The van der Waals surface area contributed by atoms with Crippen molar-refractivity contribution in [2.24, 2.45) is 0 Å². The smallest absolute Gasteiger partial charge is 0.242 e. The molecule has 0 atom stereocenters. The highest BCUT2D eigenvalue weighted by atomic mass is 35.5. The van der Waals surface area contributed by atoms with E-state index in [1.54, 1.807) is 4.90 Å². The van der Waals surface area contributed by atoms with Crippen LogP contribution in [0.1, 0.15) is 19.4 Å². The average molecular weight is 400 g/mol. The Morgan fingerprint density at radius 1 is 1.00 bits per heavy atom. The Morgan fingerprint density at radius 2 is 1.68 bits per heavy atom. The largest absolute Gasteiger partial charge is 0.368 e. The minimum Gasteiger partial charge on any atom is -0.368 e. The molecule has 1 fully saturated rings. The first-order valence-electron chi connectivity index (χ1n) is 9.50. The Morgan fingerprint density at radius 3 is 2.32 bits per heavy atom. The Kier molecular flexibility index (Phi) is 6.25. The number of anilines is 1. The molecular formula is C22H26ClN3O2. The highest BCUT2D eigenvalue weighted by Gasteiger charge is 2.30. The number of piperazine rings is 1.